The number of urea groups is 1. The summed E-state index contributed by atoms with van der Waals surface area (Å²) < 4.78 is 2.01. The molecule has 6 nitrogen and oxygen atoms in total. The second-order valence-corrected chi connectivity index (χ2v) is 8.37. The number of amides is 3. The predicted molar refractivity (Wildman–Crippen MR) is 118 cm³/mol. The van der Waals surface area contributed by atoms with Gasteiger partial charge in [-0.2, -0.15) is 0 Å². The van der Waals surface area contributed by atoms with Crippen molar-refractivity contribution in [1.29, 1.82) is 0 Å². The molecule has 0 saturated heterocycles. The van der Waals surface area contributed by atoms with Crippen LogP contribution in [0.4, 0.5) is 10.5 Å². The van der Waals surface area contributed by atoms with Crippen LogP contribution in [-0.2, 0) is 18.4 Å². The van der Waals surface area contributed by atoms with Gasteiger partial charge in [0, 0.05) is 42.2 Å². The smallest absolute Gasteiger partial charge is 0.322 e. The highest BCUT2D eigenvalue weighted by molar-refractivity contribution is 6.30. The zero-order valence-electron chi connectivity index (χ0n) is 17.9. The minimum Gasteiger partial charge on any atom is -0.353 e. The Morgan fingerprint density at radius 2 is 1.76 bits per heavy atom. The van der Waals surface area contributed by atoms with Gasteiger partial charge in [0.1, 0.15) is 6.54 Å². The number of halogens is 1. The summed E-state index contributed by atoms with van der Waals surface area (Å²) in [5, 5.41) is 3.44. The minimum atomic E-state index is -0.306. The highest BCUT2D eigenvalue weighted by Gasteiger charge is 2.24. The molecule has 0 aliphatic carbocycles. The summed E-state index contributed by atoms with van der Waals surface area (Å²) >= 11 is 5.90. The number of anilines is 1. The number of rotatable bonds is 8. The molecule has 29 heavy (non-hydrogen) atoms. The Labute approximate surface area is 178 Å². The van der Waals surface area contributed by atoms with Crippen molar-refractivity contribution in [3.05, 3.63) is 53.3 Å². The van der Waals surface area contributed by atoms with E-state index in [1.165, 1.54) is 0 Å². The van der Waals surface area contributed by atoms with Crippen LogP contribution in [0.2, 0.25) is 5.02 Å². The van der Waals surface area contributed by atoms with Gasteiger partial charge in [-0.15, -0.1) is 0 Å². The summed E-state index contributed by atoms with van der Waals surface area (Å²) in [4.78, 5) is 29.3. The van der Waals surface area contributed by atoms with E-state index in [1.807, 2.05) is 48.7 Å². The Balaban J connectivity index is 2.10. The second-order valence-electron chi connectivity index (χ2n) is 7.94. The number of carbonyl (C=O) groups is 2. The van der Waals surface area contributed by atoms with E-state index in [1.54, 1.807) is 29.2 Å². The zero-order chi connectivity index (χ0) is 21.6. The molecule has 0 spiro atoms. The van der Waals surface area contributed by atoms with Gasteiger partial charge in [-0.1, -0.05) is 25.4 Å². The zero-order valence-corrected chi connectivity index (χ0v) is 18.6. The van der Waals surface area contributed by atoms with Gasteiger partial charge in [0.15, 0.2) is 0 Å². The van der Waals surface area contributed by atoms with Crippen LogP contribution in [0.15, 0.2) is 42.6 Å². The maximum atomic E-state index is 13.1. The number of nitrogens with one attached hydrogen (secondary N) is 1. The lowest BCUT2D eigenvalue weighted by atomic mass is 10.2. The Morgan fingerprint density at radius 3 is 2.28 bits per heavy atom. The third-order valence-corrected chi connectivity index (χ3v) is 4.88. The standard InChI is InChI=1S/C22H31ClN4O2/c1-16(2)13-26(14-20-7-6-12-25(20)5)21(28)15-27(17(3)4)22(29)24-19-10-8-18(23)9-11-19/h6-12,16-17H,13-15H2,1-5H3,(H,24,29). The fourth-order valence-electron chi connectivity index (χ4n) is 3.01. The Morgan fingerprint density at radius 1 is 1.10 bits per heavy atom. The molecule has 0 aliphatic heterocycles. The fraction of sp³-hybridized carbons (Fsp3) is 0.455. The molecule has 7 heteroatoms. The maximum absolute atomic E-state index is 13.1. The van der Waals surface area contributed by atoms with Crippen molar-refractivity contribution in [2.24, 2.45) is 13.0 Å². The summed E-state index contributed by atoms with van der Waals surface area (Å²) in [6.45, 7) is 9.14. The van der Waals surface area contributed by atoms with Crippen molar-refractivity contribution in [3.63, 3.8) is 0 Å². The largest absolute Gasteiger partial charge is 0.353 e. The SMILES string of the molecule is CC(C)CN(Cc1cccn1C)C(=O)CN(C(=O)Nc1ccc(Cl)cc1)C(C)C. The van der Waals surface area contributed by atoms with Crippen molar-refractivity contribution in [3.8, 4) is 0 Å². The number of nitrogens with zero attached hydrogens (tertiary/aromatic N) is 3. The molecule has 3 amide bonds. The van der Waals surface area contributed by atoms with Crippen LogP contribution in [0.3, 0.4) is 0 Å². The third kappa shape index (κ3) is 6.82. The van der Waals surface area contributed by atoms with Gasteiger partial charge in [0.2, 0.25) is 5.91 Å². The van der Waals surface area contributed by atoms with E-state index in [0.29, 0.717) is 29.7 Å². The topological polar surface area (TPSA) is 57.6 Å². The number of carbonyl (C=O) groups excluding carboxylic acids is 2. The van der Waals surface area contributed by atoms with Crippen molar-refractivity contribution < 1.29 is 9.59 Å². The van der Waals surface area contributed by atoms with E-state index in [0.717, 1.165) is 5.69 Å². The molecule has 2 aromatic rings. The molecule has 2 rings (SSSR count). The normalized spacial score (nSPS) is 11.0. The van der Waals surface area contributed by atoms with Crippen molar-refractivity contribution in [1.82, 2.24) is 14.4 Å². The summed E-state index contributed by atoms with van der Waals surface area (Å²) in [7, 11) is 1.97. The molecule has 0 fully saturated rings. The molecule has 1 heterocycles. The number of hydrogen-bond acceptors (Lipinski definition) is 2. The minimum absolute atomic E-state index is 0.0221. The molecule has 1 N–H and O–H groups in total. The summed E-state index contributed by atoms with van der Waals surface area (Å²) in [5.41, 5.74) is 1.70. The number of aryl methyl sites for hydroxylation is 1. The van der Waals surface area contributed by atoms with Crippen LogP contribution in [0.5, 0.6) is 0 Å². The first kappa shape index (κ1) is 22.8. The highest BCUT2D eigenvalue weighted by atomic mass is 35.5. The van der Waals surface area contributed by atoms with Gasteiger partial charge in [0.25, 0.3) is 0 Å². The van der Waals surface area contributed by atoms with Gasteiger partial charge >= 0.3 is 6.03 Å². The first-order valence-electron chi connectivity index (χ1n) is 9.88. The number of hydrogen-bond donors (Lipinski definition) is 1. The van der Waals surface area contributed by atoms with Gasteiger partial charge in [-0.3, -0.25) is 4.79 Å². The van der Waals surface area contributed by atoms with E-state index >= 15 is 0 Å². The van der Waals surface area contributed by atoms with Crippen LogP contribution >= 0.6 is 11.6 Å². The molecular formula is C22H31ClN4O2. The lowest BCUT2D eigenvalue weighted by Gasteiger charge is -2.31. The average Bonchev–Trinajstić information content (AvgIpc) is 3.04. The Bertz CT molecular complexity index is 814. The lowest BCUT2D eigenvalue weighted by molar-refractivity contribution is -0.133. The van der Waals surface area contributed by atoms with Crippen LogP contribution in [0, 0.1) is 5.92 Å². The molecular weight excluding hydrogens is 388 g/mol. The maximum Gasteiger partial charge on any atom is 0.322 e. The van der Waals surface area contributed by atoms with E-state index in [-0.39, 0.29) is 24.5 Å². The molecule has 0 aliphatic rings. The number of aromatic nitrogens is 1. The van der Waals surface area contributed by atoms with Crippen LogP contribution < -0.4 is 5.32 Å². The van der Waals surface area contributed by atoms with E-state index in [9.17, 15) is 9.59 Å². The van der Waals surface area contributed by atoms with Crippen molar-refractivity contribution >= 4 is 29.2 Å². The monoisotopic (exact) mass is 418 g/mol. The second kappa shape index (κ2) is 10.3. The molecule has 1 aromatic heterocycles. The van der Waals surface area contributed by atoms with Gasteiger partial charge in [-0.05, 0) is 56.2 Å². The molecule has 0 saturated carbocycles. The van der Waals surface area contributed by atoms with E-state index < -0.39 is 0 Å². The lowest BCUT2D eigenvalue weighted by Crippen LogP contribution is -2.48. The third-order valence-electron chi connectivity index (χ3n) is 4.63. The Hall–Kier alpha value is -2.47. The first-order valence-corrected chi connectivity index (χ1v) is 10.3. The van der Waals surface area contributed by atoms with Gasteiger partial charge in [-0.25, -0.2) is 4.79 Å². The van der Waals surface area contributed by atoms with Gasteiger partial charge in [0.05, 0.1) is 6.54 Å². The Kier molecular flexibility index (Phi) is 8.14. The van der Waals surface area contributed by atoms with Crippen molar-refractivity contribution in [2.75, 3.05) is 18.4 Å². The molecule has 0 radical (unpaired) electrons. The molecule has 158 valence electrons. The van der Waals surface area contributed by atoms with E-state index in [2.05, 4.69) is 19.2 Å². The van der Waals surface area contributed by atoms with Crippen LogP contribution in [-0.4, -0.2) is 45.4 Å². The molecule has 0 bridgehead atoms. The van der Waals surface area contributed by atoms with Crippen LogP contribution in [0.1, 0.15) is 33.4 Å². The average molecular weight is 419 g/mol. The summed E-state index contributed by atoms with van der Waals surface area (Å²) in [6.07, 6.45) is 1.97. The molecule has 0 unspecified atom stereocenters. The van der Waals surface area contributed by atoms with E-state index in [4.69, 9.17) is 11.6 Å². The molecule has 0 atom stereocenters. The van der Waals surface area contributed by atoms with Crippen molar-refractivity contribution in [2.45, 2.75) is 40.3 Å². The first-order chi connectivity index (χ1) is 13.7. The summed E-state index contributed by atoms with van der Waals surface area (Å²) in [5.74, 6) is 0.259. The fourth-order valence-corrected chi connectivity index (χ4v) is 3.14. The highest BCUT2D eigenvalue weighted by Crippen LogP contribution is 2.15. The van der Waals surface area contributed by atoms with Crippen LogP contribution in [0.25, 0.3) is 0 Å². The number of benzene rings is 1. The molecule has 1 aromatic carbocycles. The summed E-state index contributed by atoms with van der Waals surface area (Å²) in [6, 6.07) is 10.4. The predicted octanol–water partition coefficient (Wildman–Crippen LogP) is 4.61. The van der Waals surface area contributed by atoms with Gasteiger partial charge < -0.3 is 19.7 Å². The quantitative estimate of drug-likeness (QED) is 0.680.